The maximum Gasteiger partial charge on any atom is 0.472 e. The van der Waals surface area contributed by atoms with E-state index < -0.39 is 97.5 Å². The highest BCUT2D eigenvalue weighted by Gasteiger charge is 2.30. The third kappa shape index (κ3) is 64.8. The van der Waals surface area contributed by atoms with Crippen molar-refractivity contribution in [2.75, 3.05) is 39.6 Å². The molecule has 0 spiro atoms. The minimum atomic E-state index is -4.95. The summed E-state index contributed by atoms with van der Waals surface area (Å²) in [7, 11) is -9.90. The summed E-state index contributed by atoms with van der Waals surface area (Å²) < 4.78 is 68.3. The molecule has 0 fully saturated rings. The van der Waals surface area contributed by atoms with Crippen LogP contribution in [0.4, 0.5) is 0 Å². The lowest BCUT2D eigenvalue weighted by molar-refractivity contribution is -0.161. The number of hydrogen-bond acceptors (Lipinski definition) is 15. The van der Waals surface area contributed by atoms with Crippen LogP contribution in [-0.2, 0) is 65.4 Å². The normalized spacial score (nSPS) is 14.0. The summed E-state index contributed by atoms with van der Waals surface area (Å²) in [6, 6.07) is 0. The van der Waals surface area contributed by atoms with Crippen LogP contribution in [0.25, 0.3) is 0 Å². The summed E-state index contributed by atoms with van der Waals surface area (Å²) in [5.41, 5.74) is 0. The number of carbonyl (C=O) groups excluding carboxylic acids is 4. The fraction of sp³-hybridized carbons (Fsp3) is 0.944. The molecular weight excluding hydrogens is 1190 g/mol. The van der Waals surface area contributed by atoms with Crippen molar-refractivity contribution < 1.29 is 80.2 Å². The zero-order valence-corrected chi connectivity index (χ0v) is 59.9. The highest BCUT2D eigenvalue weighted by molar-refractivity contribution is 7.47. The van der Waals surface area contributed by atoms with Gasteiger partial charge < -0.3 is 33.8 Å². The number of ether oxygens (including phenoxy) is 4. The molecule has 5 atom stereocenters. The first-order valence-electron chi connectivity index (χ1n) is 37.3. The Kier molecular flexibility index (Phi) is 64.3. The van der Waals surface area contributed by atoms with Gasteiger partial charge in [-0.2, -0.15) is 0 Å². The van der Waals surface area contributed by atoms with Crippen molar-refractivity contribution in [1.82, 2.24) is 0 Å². The number of aliphatic hydroxyl groups excluding tert-OH is 1. The van der Waals surface area contributed by atoms with Crippen LogP contribution in [-0.4, -0.2) is 96.7 Å². The van der Waals surface area contributed by atoms with Crippen molar-refractivity contribution >= 4 is 39.5 Å². The van der Waals surface area contributed by atoms with Gasteiger partial charge in [0.15, 0.2) is 12.2 Å². The third-order valence-electron chi connectivity index (χ3n) is 16.6. The molecule has 19 heteroatoms. The van der Waals surface area contributed by atoms with Gasteiger partial charge in [0.1, 0.15) is 19.3 Å². The SMILES string of the molecule is CCCCCCCCCCCCCCCCC(=O)OC[C@H](COP(=O)(O)OC[C@@H](O)COP(=O)(O)OC[C@@H](COC(=O)CCCCCCCCCCCCC)OC(=O)CCCCCCCCCCCCC)OC(=O)CCCCCCCCCCCCCCCC. The maximum absolute atomic E-state index is 13.0. The molecule has 0 rings (SSSR count). The van der Waals surface area contributed by atoms with Crippen LogP contribution in [0.5, 0.6) is 0 Å². The van der Waals surface area contributed by atoms with Gasteiger partial charge in [-0.15, -0.1) is 0 Å². The van der Waals surface area contributed by atoms with Gasteiger partial charge in [-0.25, -0.2) is 9.13 Å². The second-order valence-electron chi connectivity index (χ2n) is 25.6. The van der Waals surface area contributed by atoms with Crippen molar-refractivity contribution in [3.05, 3.63) is 0 Å². The number of hydrogen-bond donors (Lipinski definition) is 3. The molecule has 90 heavy (non-hydrogen) atoms. The van der Waals surface area contributed by atoms with Crippen LogP contribution < -0.4 is 0 Å². The average molecular weight is 1330 g/mol. The minimum absolute atomic E-state index is 0.108. The van der Waals surface area contributed by atoms with Crippen molar-refractivity contribution in [1.29, 1.82) is 0 Å². The summed E-state index contributed by atoms with van der Waals surface area (Å²) in [4.78, 5) is 72.6. The van der Waals surface area contributed by atoms with E-state index in [1.54, 1.807) is 0 Å². The molecule has 0 amide bonds. The van der Waals surface area contributed by atoms with Crippen LogP contribution in [0.3, 0.4) is 0 Å². The lowest BCUT2D eigenvalue weighted by Gasteiger charge is -2.21. The number of phosphoric acid groups is 2. The molecule has 0 aromatic rings. The molecule has 0 saturated carbocycles. The average Bonchev–Trinajstić information content (AvgIpc) is 3.73. The molecule has 3 N–H and O–H groups in total. The summed E-state index contributed by atoms with van der Waals surface area (Å²) >= 11 is 0. The van der Waals surface area contributed by atoms with Crippen LogP contribution >= 0.6 is 15.6 Å². The molecule has 0 heterocycles. The lowest BCUT2D eigenvalue weighted by Crippen LogP contribution is -2.30. The van der Waals surface area contributed by atoms with Crippen LogP contribution in [0.15, 0.2) is 0 Å². The molecule has 0 aliphatic heterocycles. The Hall–Kier alpha value is -1.94. The lowest BCUT2D eigenvalue weighted by atomic mass is 10.0. The smallest absolute Gasteiger partial charge is 0.462 e. The molecule has 534 valence electrons. The van der Waals surface area contributed by atoms with E-state index in [2.05, 4.69) is 27.7 Å². The number of carbonyl (C=O) groups is 4. The van der Waals surface area contributed by atoms with E-state index in [4.69, 9.17) is 37.0 Å². The van der Waals surface area contributed by atoms with Gasteiger partial charge in [0.2, 0.25) is 0 Å². The standard InChI is InChI=1S/C71H138O17P2/c1-5-9-13-17-21-25-29-31-33-37-40-44-48-52-56-69(74)82-62-67(88-71(76)58-54-50-46-42-38-34-32-30-26-22-18-14-10-6-2)64-86-90(79,80)84-60-65(72)59-83-89(77,78)85-63-66(87-70(75)57-53-49-45-41-36-28-24-20-16-12-8-4)61-81-68(73)55-51-47-43-39-35-27-23-19-15-11-7-3/h65-67,72H,5-64H2,1-4H3,(H,77,78)(H,79,80)/t65-,66+,67+/m0/s1. The van der Waals surface area contributed by atoms with Crippen LogP contribution in [0, 0.1) is 0 Å². The summed E-state index contributed by atoms with van der Waals surface area (Å²) in [5, 5.41) is 10.6. The van der Waals surface area contributed by atoms with E-state index in [0.29, 0.717) is 25.7 Å². The highest BCUT2D eigenvalue weighted by Crippen LogP contribution is 2.45. The fourth-order valence-electron chi connectivity index (χ4n) is 10.9. The van der Waals surface area contributed by atoms with Gasteiger partial charge in [-0.3, -0.25) is 37.3 Å². The first-order chi connectivity index (χ1) is 43.7. The Morgan fingerprint density at radius 3 is 0.656 bits per heavy atom. The Labute approximate surface area is 549 Å². The van der Waals surface area contributed by atoms with Gasteiger partial charge in [0.05, 0.1) is 26.4 Å². The maximum atomic E-state index is 13.0. The highest BCUT2D eigenvalue weighted by atomic mass is 31.2. The molecule has 0 radical (unpaired) electrons. The number of esters is 4. The van der Waals surface area contributed by atoms with E-state index in [1.165, 1.54) is 205 Å². The number of phosphoric ester groups is 2. The Bertz CT molecular complexity index is 1720. The molecular formula is C71H138O17P2. The number of rotatable bonds is 72. The van der Waals surface area contributed by atoms with Crippen LogP contribution in [0.1, 0.15) is 374 Å². The molecule has 17 nitrogen and oxygen atoms in total. The van der Waals surface area contributed by atoms with Gasteiger partial charge in [-0.1, -0.05) is 323 Å². The largest absolute Gasteiger partial charge is 0.472 e. The van der Waals surface area contributed by atoms with Crippen molar-refractivity contribution in [2.45, 2.75) is 393 Å². The second-order valence-corrected chi connectivity index (χ2v) is 28.5. The van der Waals surface area contributed by atoms with E-state index in [9.17, 15) is 43.2 Å². The Morgan fingerprint density at radius 2 is 0.444 bits per heavy atom. The predicted octanol–water partition coefficient (Wildman–Crippen LogP) is 20.7. The summed E-state index contributed by atoms with van der Waals surface area (Å²) in [6.45, 7) is 4.96. The minimum Gasteiger partial charge on any atom is -0.462 e. The van der Waals surface area contributed by atoms with Crippen molar-refractivity contribution in [2.24, 2.45) is 0 Å². The Morgan fingerprint density at radius 1 is 0.267 bits per heavy atom. The van der Waals surface area contributed by atoms with E-state index in [0.717, 1.165) is 89.9 Å². The topological polar surface area (TPSA) is 237 Å². The van der Waals surface area contributed by atoms with Gasteiger partial charge in [0.25, 0.3) is 0 Å². The van der Waals surface area contributed by atoms with Gasteiger partial charge in [0, 0.05) is 25.7 Å². The predicted molar refractivity (Wildman–Crippen MR) is 363 cm³/mol. The summed E-state index contributed by atoms with van der Waals surface area (Å²) in [5.74, 6) is -2.12. The molecule has 0 aliphatic carbocycles. The first kappa shape index (κ1) is 88.1. The molecule has 0 aromatic heterocycles. The molecule has 0 bridgehead atoms. The molecule has 0 aromatic carbocycles. The van der Waals surface area contributed by atoms with Crippen molar-refractivity contribution in [3.8, 4) is 0 Å². The monoisotopic (exact) mass is 1320 g/mol. The van der Waals surface area contributed by atoms with E-state index >= 15 is 0 Å². The van der Waals surface area contributed by atoms with Gasteiger partial charge >= 0.3 is 39.5 Å². The fourth-order valence-corrected chi connectivity index (χ4v) is 12.4. The third-order valence-corrected chi connectivity index (χ3v) is 18.5. The zero-order chi connectivity index (χ0) is 66.1. The quantitative estimate of drug-likeness (QED) is 0.0222. The van der Waals surface area contributed by atoms with E-state index in [-0.39, 0.29) is 25.7 Å². The zero-order valence-electron chi connectivity index (χ0n) is 58.1. The van der Waals surface area contributed by atoms with E-state index in [1.807, 2.05) is 0 Å². The van der Waals surface area contributed by atoms with Gasteiger partial charge in [-0.05, 0) is 25.7 Å². The molecule has 2 unspecified atom stereocenters. The second kappa shape index (κ2) is 65.7. The van der Waals surface area contributed by atoms with Crippen molar-refractivity contribution in [3.63, 3.8) is 0 Å². The number of aliphatic hydroxyl groups is 1. The first-order valence-corrected chi connectivity index (χ1v) is 40.3. The Balaban J connectivity index is 5.24. The summed E-state index contributed by atoms with van der Waals surface area (Å²) in [6.07, 6.45) is 53.8. The number of unbranched alkanes of at least 4 members (excludes halogenated alkanes) is 46. The molecule has 0 saturated heterocycles. The molecule has 0 aliphatic rings. The van der Waals surface area contributed by atoms with Crippen LogP contribution in [0.2, 0.25) is 0 Å².